The van der Waals surface area contributed by atoms with Crippen molar-refractivity contribution >= 4 is 0 Å². The van der Waals surface area contributed by atoms with Crippen LogP contribution in [0, 0.1) is 12.7 Å². The lowest BCUT2D eigenvalue weighted by atomic mass is 9.99. The van der Waals surface area contributed by atoms with Gasteiger partial charge in [0.15, 0.2) is 0 Å². The minimum atomic E-state index is -3.27. The van der Waals surface area contributed by atoms with E-state index in [0.29, 0.717) is 12.5 Å². The third-order valence-corrected chi connectivity index (χ3v) is 2.02. The Labute approximate surface area is 80.2 Å². The predicted molar refractivity (Wildman–Crippen MR) is 46.7 cm³/mol. The standard InChI is InChI=1S/C10H11F3O/c1-6-3-4-7(11)5-8(6)9(14)10(2,12)13/h3-5,9,14H,1-2H3. The first-order valence-electron chi connectivity index (χ1n) is 4.14. The van der Waals surface area contributed by atoms with E-state index in [0.717, 1.165) is 6.07 Å². The maximum Gasteiger partial charge on any atom is 0.274 e. The molecular weight excluding hydrogens is 193 g/mol. The molecule has 0 aliphatic carbocycles. The van der Waals surface area contributed by atoms with Crippen LogP contribution in [-0.2, 0) is 0 Å². The minimum Gasteiger partial charge on any atom is -0.382 e. The molecule has 1 nitrogen and oxygen atoms in total. The fraction of sp³-hybridized carbons (Fsp3) is 0.400. The van der Waals surface area contributed by atoms with Crippen LogP contribution in [0.2, 0.25) is 0 Å². The van der Waals surface area contributed by atoms with Gasteiger partial charge in [-0.25, -0.2) is 13.2 Å². The van der Waals surface area contributed by atoms with E-state index in [9.17, 15) is 18.3 Å². The Kier molecular flexibility index (Phi) is 2.85. The topological polar surface area (TPSA) is 20.2 Å². The third-order valence-electron chi connectivity index (χ3n) is 2.02. The molecule has 0 saturated heterocycles. The summed E-state index contributed by atoms with van der Waals surface area (Å²) in [5.41, 5.74) is 0.373. The van der Waals surface area contributed by atoms with Gasteiger partial charge in [-0.2, -0.15) is 0 Å². The second kappa shape index (κ2) is 3.61. The first-order chi connectivity index (χ1) is 6.32. The first kappa shape index (κ1) is 11.0. The zero-order chi connectivity index (χ0) is 10.9. The van der Waals surface area contributed by atoms with Crippen molar-refractivity contribution in [3.05, 3.63) is 35.1 Å². The van der Waals surface area contributed by atoms with Crippen LogP contribution in [0.3, 0.4) is 0 Å². The molecule has 1 rings (SSSR count). The summed E-state index contributed by atoms with van der Waals surface area (Å²) in [4.78, 5) is 0. The maximum atomic E-state index is 12.7. The van der Waals surface area contributed by atoms with Gasteiger partial charge in [-0.1, -0.05) is 6.07 Å². The molecule has 1 unspecified atom stereocenters. The van der Waals surface area contributed by atoms with Crippen molar-refractivity contribution in [1.29, 1.82) is 0 Å². The second-order valence-electron chi connectivity index (χ2n) is 3.36. The van der Waals surface area contributed by atoms with Crippen molar-refractivity contribution in [2.24, 2.45) is 0 Å². The smallest absolute Gasteiger partial charge is 0.274 e. The van der Waals surface area contributed by atoms with Crippen molar-refractivity contribution in [1.82, 2.24) is 0 Å². The molecule has 0 aliphatic rings. The van der Waals surface area contributed by atoms with Gasteiger partial charge in [0, 0.05) is 6.92 Å². The van der Waals surface area contributed by atoms with Crippen LogP contribution in [-0.4, -0.2) is 11.0 Å². The van der Waals surface area contributed by atoms with Crippen LogP contribution < -0.4 is 0 Å². The summed E-state index contributed by atoms with van der Waals surface area (Å²) in [5.74, 6) is -3.90. The largest absolute Gasteiger partial charge is 0.382 e. The van der Waals surface area contributed by atoms with Crippen molar-refractivity contribution in [2.75, 3.05) is 0 Å². The third kappa shape index (κ3) is 2.26. The number of benzene rings is 1. The average Bonchev–Trinajstić information content (AvgIpc) is 2.06. The van der Waals surface area contributed by atoms with Gasteiger partial charge in [0.25, 0.3) is 5.92 Å². The van der Waals surface area contributed by atoms with E-state index < -0.39 is 17.8 Å². The van der Waals surface area contributed by atoms with Crippen molar-refractivity contribution in [3.8, 4) is 0 Å². The molecule has 0 spiro atoms. The minimum absolute atomic E-state index is 0.0718. The van der Waals surface area contributed by atoms with Crippen LogP contribution in [0.5, 0.6) is 0 Å². The van der Waals surface area contributed by atoms with Gasteiger partial charge in [0.1, 0.15) is 11.9 Å². The lowest BCUT2D eigenvalue weighted by Crippen LogP contribution is -2.22. The van der Waals surface area contributed by atoms with E-state index >= 15 is 0 Å². The molecular formula is C10H11F3O. The van der Waals surface area contributed by atoms with E-state index in [1.165, 1.54) is 12.1 Å². The van der Waals surface area contributed by atoms with Gasteiger partial charge in [0.2, 0.25) is 0 Å². The SMILES string of the molecule is Cc1ccc(F)cc1C(O)C(C)(F)F. The number of hydrogen-bond donors (Lipinski definition) is 1. The van der Waals surface area contributed by atoms with E-state index in [-0.39, 0.29) is 5.56 Å². The Morgan fingerprint density at radius 3 is 2.43 bits per heavy atom. The van der Waals surface area contributed by atoms with Gasteiger partial charge >= 0.3 is 0 Å². The lowest BCUT2D eigenvalue weighted by molar-refractivity contribution is -0.0957. The molecule has 1 atom stereocenters. The van der Waals surface area contributed by atoms with Gasteiger partial charge in [-0.05, 0) is 30.2 Å². The number of hydrogen-bond acceptors (Lipinski definition) is 1. The fourth-order valence-electron chi connectivity index (χ4n) is 1.18. The molecule has 0 saturated carbocycles. The number of rotatable bonds is 2. The fourth-order valence-corrected chi connectivity index (χ4v) is 1.18. The molecule has 1 N–H and O–H groups in total. The predicted octanol–water partition coefficient (Wildman–Crippen LogP) is 2.82. The van der Waals surface area contributed by atoms with Crippen LogP contribution in [0.1, 0.15) is 24.2 Å². The number of alkyl halides is 2. The summed E-state index contributed by atoms with van der Waals surface area (Å²) in [6.45, 7) is 2.14. The average molecular weight is 204 g/mol. The van der Waals surface area contributed by atoms with Crippen molar-refractivity contribution < 1.29 is 18.3 Å². The van der Waals surface area contributed by atoms with Gasteiger partial charge in [-0.3, -0.25) is 0 Å². The molecule has 14 heavy (non-hydrogen) atoms. The summed E-state index contributed by atoms with van der Waals surface area (Å²) in [6, 6.07) is 3.45. The Morgan fingerprint density at radius 2 is 1.93 bits per heavy atom. The quantitative estimate of drug-likeness (QED) is 0.785. The zero-order valence-corrected chi connectivity index (χ0v) is 7.89. The number of aliphatic hydroxyl groups excluding tert-OH is 1. The van der Waals surface area contributed by atoms with Gasteiger partial charge in [0.05, 0.1) is 0 Å². The summed E-state index contributed by atoms with van der Waals surface area (Å²) in [6.07, 6.45) is -1.96. The van der Waals surface area contributed by atoms with Crippen LogP contribution >= 0.6 is 0 Å². The highest BCUT2D eigenvalue weighted by atomic mass is 19.3. The maximum absolute atomic E-state index is 12.7. The molecule has 0 bridgehead atoms. The molecule has 0 aliphatic heterocycles. The van der Waals surface area contributed by atoms with Crippen LogP contribution in [0.15, 0.2) is 18.2 Å². The Hall–Kier alpha value is -1.03. The van der Waals surface area contributed by atoms with Crippen molar-refractivity contribution in [2.45, 2.75) is 25.9 Å². The van der Waals surface area contributed by atoms with E-state index in [1.807, 2.05) is 0 Å². The summed E-state index contributed by atoms with van der Waals surface area (Å²) in [7, 11) is 0. The highest BCUT2D eigenvalue weighted by Crippen LogP contribution is 2.32. The van der Waals surface area contributed by atoms with E-state index in [2.05, 4.69) is 0 Å². The summed E-state index contributed by atoms with van der Waals surface area (Å²) >= 11 is 0. The van der Waals surface area contributed by atoms with Crippen LogP contribution in [0.4, 0.5) is 13.2 Å². The Balaban J connectivity index is 3.12. The molecule has 0 fully saturated rings. The van der Waals surface area contributed by atoms with Gasteiger partial charge in [-0.15, -0.1) is 0 Å². The lowest BCUT2D eigenvalue weighted by Gasteiger charge is -2.20. The summed E-state index contributed by atoms with van der Waals surface area (Å²) in [5, 5.41) is 9.25. The molecule has 0 heterocycles. The molecule has 78 valence electrons. The molecule has 4 heteroatoms. The Bertz CT molecular complexity index is 331. The normalized spacial score (nSPS) is 14.1. The molecule has 0 aromatic heterocycles. The number of aryl methyl sites for hydroxylation is 1. The zero-order valence-electron chi connectivity index (χ0n) is 7.89. The second-order valence-corrected chi connectivity index (χ2v) is 3.36. The Morgan fingerprint density at radius 1 is 1.36 bits per heavy atom. The first-order valence-corrected chi connectivity index (χ1v) is 4.14. The van der Waals surface area contributed by atoms with E-state index in [4.69, 9.17) is 0 Å². The van der Waals surface area contributed by atoms with Crippen molar-refractivity contribution in [3.63, 3.8) is 0 Å². The monoisotopic (exact) mass is 204 g/mol. The highest BCUT2D eigenvalue weighted by Gasteiger charge is 2.34. The van der Waals surface area contributed by atoms with Crippen LogP contribution in [0.25, 0.3) is 0 Å². The van der Waals surface area contributed by atoms with E-state index in [1.54, 1.807) is 6.92 Å². The highest BCUT2D eigenvalue weighted by molar-refractivity contribution is 5.29. The number of aliphatic hydroxyl groups is 1. The molecule has 0 radical (unpaired) electrons. The number of halogens is 3. The van der Waals surface area contributed by atoms with Gasteiger partial charge < -0.3 is 5.11 Å². The molecule has 1 aromatic carbocycles. The molecule has 1 aromatic rings. The molecule has 0 amide bonds. The summed E-state index contributed by atoms with van der Waals surface area (Å²) < 4.78 is 38.2.